The average Bonchev–Trinajstić information content (AvgIpc) is 3.46. The molecular weight excluding hydrogens is 394 g/mol. The first kappa shape index (κ1) is 20.5. The van der Waals surface area contributed by atoms with Crippen LogP contribution in [0.15, 0.2) is 66.7 Å². The first-order valence-electron chi connectivity index (χ1n) is 10.4. The van der Waals surface area contributed by atoms with Crippen molar-refractivity contribution in [3.63, 3.8) is 0 Å². The van der Waals surface area contributed by atoms with Gasteiger partial charge in [-0.25, -0.2) is 0 Å². The third-order valence-corrected chi connectivity index (χ3v) is 6.17. The fraction of sp³-hybridized carbons (Fsp3) is 0.292. The molecule has 1 saturated carbocycles. The number of fused-ring (bicyclic) bond motifs is 1. The van der Waals surface area contributed by atoms with Gasteiger partial charge in [0.15, 0.2) is 0 Å². The Kier molecular flexibility index (Phi) is 6.11. The summed E-state index contributed by atoms with van der Waals surface area (Å²) in [5.74, 6) is 1.23. The molecule has 0 spiro atoms. The molecule has 3 atom stereocenters. The number of benzene rings is 3. The van der Waals surface area contributed by atoms with E-state index in [0.717, 1.165) is 12.0 Å². The summed E-state index contributed by atoms with van der Waals surface area (Å²) in [5.41, 5.74) is 3.77. The van der Waals surface area contributed by atoms with Crippen molar-refractivity contribution < 1.29 is 0 Å². The fourth-order valence-electron chi connectivity index (χ4n) is 4.72. The third-order valence-electron chi connectivity index (χ3n) is 6.17. The zero-order chi connectivity index (χ0) is 19.6. The van der Waals surface area contributed by atoms with Gasteiger partial charge in [0.25, 0.3) is 0 Å². The van der Waals surface area contributed by atoms with Crippen LogP contribution in [0.3, 0.4) is 0 Å². The highest BCUT2D eigenvalue weighted by Gasteiger charge is 2.27. The molecule has 6 heteroatoms. The van der Waals surface area contributed by atoms with E-state index in [0.29, 0.717) is 23.8 Å². The van der Waals surface area contributed by atoms with Crippen molar-refractivity contribution >= 4 is 23.2 Å². The van der Waals surface area contributed by atoms with E-state index >= 15 is 0 Å². The molecule has 0 bridgehead atoms. The van der Waals surface area contributed by atoms with Crippen LogP contribution in [0.2, 0.25) is 0 Å². The van der Waals surface area contributed by atoms with Crippen LogP contribution in [0, 0.1) is 0 Å². The predicted octanol–water partition coefficient (Wildman–Crippen LogP) is 5.43. The summed E-state index contributed by atoms with van der Waals surface area (Å²) in [6, 6.07) is 24.7. The molecule has 0 unspecified atom stereocenters. The van der Waals surface area contributed by atoms with Gasteiger partial charge < -0.3 is 5.32 Å². The van der Waals surface area contributed by atoms with Crippen LogP contribution in [0.4, 0.5) is 0 Å². The zero-order valence-corrected chi connectivity index (χ0v) is 17.8. The number of aromatic nitrogens is 4. The number of nitrogens with one attached hydrogen (secondary N) is 2. The maximum Gasteiger partial charge on any atom is 0.204 e. The Bertz CT molecular complexity index is 1110. The van der Waals surface area contributed by atoms with Crippen molar-refractivity contribution in [2.24, 2.45) is 0 Å². The number of halogens is 1. The maximum absolute atomic E-state index is 4.11. The van der Waals surface area contributed by atoms with E-state index in [2.05, 4.69) is 93.5 Å². The molecule has 5 rings (SSSR count). The number of H-pyrrole nitrogens is 1. The number of aromatic amines is 1. The molecule has 1 aromatic heterocycles. The topological polar surface area (TPSA) is 66.5 Å². The Morgan fingerprint density at radius 3 is 2.70 bits per heavy atom. The van der Waals surface area contributed by atoms with E-state index < -0.39 is 0 Å². The van der Waals surface area contributed by atoms with Gasteiger partial charge in [0.2, 0.25) is 5.82 Å². The lowest BCUT2D eigenvalue weighted by Crippen LogP contribution is -2.29. The van der Waals surface area contributed by atoms with Crippen LogP contribution < -0.4 is 5.32 Å². The molecule has 1 aliphatic carbocycles. The Morgan fingerprint density at radius 1 is 1.00 bits per heavy atom. The van der Waals surface area contributed by atoms with Gasteiger partial charge in [0.05, 0.1) is 0 Å². The standard InChI is InChI=1S/C24H25N5.ClH/c1-16(22-11-5-7-17-6-2-3-10-23(17)22)25-21-13-12-19(15-21)18-8-4-9-20(14-18)24-26-28-29-27-24;/h2-11,14,16,19,21,25H,12-13,15H2,1H3,(H,26,27,28,29);1H/t16-,19-,21+;/m1./s1. The average molecular weight is 420 g/mol. The normalized spacial score (nSPS) is 19.5. The van der Waals surface area contributed by atoms with Gasteiger partial charge in [-0.15, -0.1) is 22.6 Å². The lowest BCUT2D eigenvalue weighted by Gasteiger charge is -2.21. The minimum Gasteiger partial charge on any atom is -0.307 e. The highest BCUT2D eigenvalue weighted by Crippen LogP contribution is 2.37. The summed E-state index contributed by atoms with van der Waals surface area (Å²) in [6.07, 6.45) is 3.56. The first-order valence-corrected chi connectivity index (χ1v) is 10.4. The van der Waals surface area contributed by atoms with E-state index in [-0.39, 0.29) is 12.4 Å². The van der Waals surface area contributed by atoms with Crippen molar-refractivity contribution in [3.05, 3.63) is 77.9 Å². The Hall–Kier alpha value is -2.76. The maximum atomic E-state index is 4.11. The molecule has 1 heterocycles. The zero-order valence-electron chi connectivity index (χ0n) is 17.0. The smallest absolute Gasteiger partial charge is 0.204 e. The van der Waals surface area contributed by atoms with E-state index in [1.165, 1.54) is 34.7 Å². The summed E-state index contributed by atoms with van der Waals surface area (Å²) < 4.78 is 0. The second kappa shape index (κ2) is 8.94. The van der Waals surface area contributed by atoms with Crippen LogP contribution in [-0.4, -0.2) is 26.7 Å². The van der Waals surface area contributed by atoms with Crippen molar-refractivity contribution in [1.29, 1.82) is 0 Å². The second-order valence-corrected chi connectivity index (χ2v) is 8.02. The van der Waals surface area contributed by atoms with Crippen LogP contribution in [0.1, 0.15) is 49.3 Å². The van der Waals surface area contributed by atoms with Crippen molar-refractivity contribution in [2.45, 2.75) is 44.2 Å². The van der Waals surface area contributed by atoms with Gasteiger partial charge in [-0.05, 0) is 65.3 Å². The van der Waals surface area contributed by atoms with Crippen LogP contribution in [0.5, 0.6) is 0 Å². The summed E-state index contributed by atoms with van der Waals surface area (Å²) in [5, 5.41) is 21.0. The van der Waals surface area contributed by atoms with Crippen LogP contribution in [0.25, 0.3) is 22.2 Å². The molecule has 0 saturated heterocycles. The largest absolute Gasteiger partial charge is 0.307 e. The molecule has 30 heavy (non-hydrogen) atoms. The van der Waals surface area contributed by atoms with Gasteiger partial charge in [-0.3, -0.25) is 0 Å². The van der Waals surface area contributed by atoms with E-state index in [9.17, 15) is 0 Å². The SMILES string of the molecule is C[C@@H](N[C@H]1CC[C@@H](c2cccc(-c3nn[nH]n3)c2)C1)c1cccc2ccccc12.Cl. The fourth-order valence-corrected chi connectivity index (χ4v) is 4.72. The van der Waals surface area contributed by atoms with E-state index in [4.69, 9.17) is 0 Å². The molecule has 0 aliphatic heterocycles. The molecule has 0 amide bonds. The molecular formula is C24H26ClN5. The monoisotopic (exact) mass is 419 g/mol. The molecule has 1 aliphatic rings. The van der Waals surface area contributed by atoms with Crippen LogP contribution in [-0.2, 0) is 0 Å². The van der Waals surface area contributed by atoms with Crippen molar-refractivity contribution in [3.8, 4) is 11.4 Å². The Balaban J connectivity index is 0.00000218. The molecule has 4 aromatic rings. The molecule has 1 fully saturated rings. The number of rotatable bonds is 5. The summed E-state index contributed by atoms with van der Waals surface area (Å²) in [4.78, 5) is 0. The molecule has 154 valence electrons. The van der Waals surface area contributed by atoms with Gasteiger partial charge in [0.1, 0.15) is 0 Å². The van der Waals surface area contributed by atoms with Gasteiger partial charge in [-0.1, -0.05) is 60.7 Å². The first-order chi connectivity index (χ1) is 14.3. The number of hydrogen-bond donors (Lipinski definition) is 2. The Labute approximate surface area is 182 Å². The molecule has 2 N–H and O–H groups in total. The highest BCUT2D eigenvalue weighted by molar-refractivity contribution is 5.86. The Morgan fingerprint density at radius 2 is 1.83 bits per heavy atom. The minimum atomic E-state index is 0. The minimum absolute atomic E-state index is 0. The second-order valence-electron chi connectivity index (χ2n) is 8.02. The summed E-state index contributed by atoms with van der Waals surface area (Å²) in [6.45, 7) is 2.28. The highest BCUT2D eigenvalue weighted by atomic mass is 35.5. The quantitative estimate of drug-likeness (QED) is 0.452. The summed E-state index contributed by atoms with van der Waals surface area (Å²) >= 11 is 0. The third kappa shape index (κ3) is 4.09. The van der Waals surface area contributed by atoms with Crippen molar-refractivity contribution in [2.75, 3.05) is 0 Å². The lowest BCUT2D eigenvalue weighted by atomic mass is 9.95. The van der Waals surface area contributed by atoms with Crippen LogP contribution >= 0.6 is 12.4 Å². The van der Waals surface area contributed by atoms with E-state index in [1.807, 2.05) is 6.07 Å². The lowest BCUT2D eigenvalue weighted by molar-refractivity contribution is 0.459. The molecule has 5 nitrogen and oxygen atoms in total. The number of tetrazole rings is 1. The molecule has 0 radical (unpaired) electrons. The summed E-state index contributed by atoms with van der Waals surface area (Å²) in [7, 11) is 0. The van der Waals surface area contributed by atoms with Gasteiger partial charge in [-0.2, -0.15) is 5.21 Å². The molecule has 3 aromatic carbocycles. The number of hydrogen-bond acceptors (Lipinski definition) is 4. The van der Waals surface area contributed by atoms with Crippen molar-refractivity contribution in [1.82, 2.24) is 25.9 Å². The number of nitrogens with zero attached hydrogens (tertiary/aromatic N) is 3. The predicted molar refractivity (Wildman–Crippen MR) is 123 cm³/mol. The van der Waals surface area contributed by atoms with Gasteiger partial charge >= 0.3 is 0 Å². The van der Waals surface area contributed by atoms with Gasteiger partial charge in [0, 0.05) is 17.6 Å². The van der Waals surface area contributed by atoms with E-state index in [1.54, 1.807) is 0 Å².